The first-order chi connectivity index (χ1) is 17.5. The van der Waals surface area contributed by atoms with Crippen LogP contribution in [0.25, 0.3) is 0 Å². The first-order valence-electron chi connectivity index (χ1n) is 13.1. The van der Waals surface area contributed by atoms with Gasteiger partial charge >= 0.3 is 6.09 Å². The predicted molar refractivity (Wildman–Crippen MR) is 134 cm³/mol. The lowest BCUT2D eigenvalue weighted by Crippen LogP contribution is -2.52. The second-order valence-electron chi connectivity index (χ2n) is 11.1. The lowest BCUT2D eigenvalue weighted by molar-refractivity contribution is -0.137. The van der Waals surface area contributed by atoms with Crippen molar-refractivity contribution in [2.24, 2.45) is 5.92 Å². The topological polar surface area (TPSA) is 134 Å². The van der Waals surface area contributed by atoms with Gasteiger partial charge in [0.2, 0.25) is 17.7 Å². The number of alkyl carbamates (subject to hydrolysis) is 1. The van der Waals surface area contributed by atoms with Crippen LogP contribution in [0.15, 0.2) is 18.2 Å². The van der Waals surface area contributed by atoms with Crippen molar-refractivity contribution in [3.8, 4) is 0 Å². The smallest absolute Gasteiger partial charge is 0.408 e. The van der Waals surface area contributed by atoms with Crippen LogP contribution >= 0.6 is 0 Å². The Bertz CT molecular complexity index is 1090. The van der Waals surface area contributed by atoms with E-state index in [1.165, 1.54) is 4.90 Å². The number of nitrogens with one attached hydrogen (secondary N) is 3. The third kappa shape index (κ3) is 6.47. The fourth-order valence-electron chi connectivity index (χ4n) is 5.34. The van der Waals surface area contributed by atoms with Crippen LogP contribution < -0.4 is 16.0 Å². The molecule has 1 aliphatic carbocycles. The molecule has 0 bridgehead atoms. The largest absolute Gasteiger partial charge is 0.444 e. The molecule has 200 valence electrons. The highest BCUT2D eigenvalue weighted by molar-refractivity contribution is 6.05. The summed E-state index contributed by atoms with van der Waals surface area (Å²) in [5.74, 6) is -1.23. The van der Waals surface area contributed by atoms with Crippen molar-refractivity contribution in [2.45, 2.75) is 96.5 Å². The first-order valence-corrected chi connectivity index (χ1v) is 13.1. The van der Waals surface area contributed by atoms with E-state index in [9.17, 15) is 24.0 Å². The van der Waals surface area contributed by atoms with E-state index in [0.717, 1.165) is 43.2 Å². The molecule has 2 aliphatic heterocycles. The van der Waals surface area contributed by atoms with Gasteiger partial charge in [0, 0.05) is 25.1 Å². The summed E-state index contributed by atoms with van der Waals surface area (Å²) >= 11 is 0. The van der Waals surface area contributed by atoms with E-state index in [4.69, 9.17) is 4.74 Å². The van der Waals surface area contributed by atoms with Crippen molar-refractivity contribution in [3.63, 3.8) is 0 Å². The monoisotopic (exact) mass is 512 g/mol. The van der Waals surface area contributed by atoms with Gasteiger partial charge in [-0.2, -0.15) is 0 Å². The van der Waals surface area contributed by atoms with E-state index in [2.05, 4.69) is 16.0 Å². The molecule has 10 nitrogen and oxygen atoms in total. The Labute approximate surface area is 216 Å². The van der Waals surface area contributed by atoms with Gasteiger partial charge in [-0.15, -0.1) is 0 Å². The van der Waals surface area contributed by atoms with Gasteiger partial charge in [0.05, 0.1) is 0 Å². The number of nitrogens with zero attached hydrogens (tertiary/aromatic N) is 1. The molecule has 2 atom stereocenters. The Kier molecular flexibility index (Phi) is 7.85. The molecule has 0 radical (unpaired) electrons. The van der Waals surface area contributed by atoms with E-state index in [1.807, 2.05) is 6.07 Å². The van der Waals surface area contributed by atoms with Gasteiger partial charge in [-0.25, -0.2) is 4.79 Å². The fourth-order valence-corrected chi connectivity index (χ4v) is 5.34. The van der Waals surface area contributed by atoms with Gasteiger partial charge in [0.25, 0.3) is 5.91 Å². The molecule has 10 heteroatoms. The van der Waals surface area contributed by atoms with Gasteiger partial charge in [0.15, 0.2) is 0 Å². The summed E-state index contributed by atoms with van der Waals surface area (Å²) in [6.45, 7) is 5.84. The molecule has 1 aromatic carbocycles. The summed E-state index contributed by atoms with van der Waals surface area (Å²) in [7, 11) is 0. The summed E-state index contributed by atoms with van der Waals surface area (Å²) < 4.78 is 5.39. The number of imide groups is 1. The lowest BCUT2D eigenvalue weighted by atomic mass is 9.83. The maximum Gasteiger partial charge on any atom is 0.408 e. The van der Waals surface area contributed by atoms with Crippen LogP contribution in [-0.2, 0) is 32.2 Å². The third-order valence-electron chi connectivity index (χ3n) is 7.13. The minimum absolute atomic E-state index is 0.0426. The van der Waals surface area contributed by atoms with Gasteiger partial charge in [-0.3, -0.25) is 24.5 Å². The van der Waals surface area contributed by atoms with Crippen LogP contribution in [-0.4, -0.2) is 52.3 Å². The Balaban J connectivity index is 1.40. The second-order valence-corrected chi connectivity index (χ2v) is 11.1. The van der Waals surface area contributed by atoms with Crippen molar-refractivity contribution in [2.75, 3.05) is 0 Å². The quantitative estimate of drug-likeness (QED) is 0.502. The molecule has 4 rings (SSSR count). The number of carbonyl (C=O) groups is 5. The van der Waals surface area contributed by atoms with E-state index >= 15 is 0 Å². The molecule has 1 saturated heterocycles. The van der Waals surface area contributed by atoms with Gasteiger partial charge in [0.1, 0.15) is 17.7 Å². The van der Waals surface area contributed by atoms with Crippen molar-refractivity contribution >= 4 is 29.7 Å². The van der Waals surface area contributed by atoms with Crippen molar-refractivity contribution < 1.29 is 28.7 Å². The molecule has 0 spiro atoms. The lowest BCUT2D eigenvalue weighted by Gasteiger charge is -2.31. The summed E-state index contributed by atoms with van der Waals surface area (Å²) in [4.78, 5) is 63.8. The maximum atomic E-state index is 13.2. The zero-order chi connectivity index (χ0) is 26.7. The molecule has 1 saturated carbocycles. The minimum Gasteiger partial charge on any atom is -0.444 e. The predicted octanol–water partition coefficient (Wildman–Crippen LogP) is 2.54. The van der Waals surface area contributed by atoms with Gasteiger partial charge in [-0.05, 0) is 63.1 Å². The number of ether oxygens (including phenoxy) is 1. The van der Waals surface area contributed by atoms with E-state index < -0.39 is 29.7 Å². The number of benzene rings is 1. The highest BCUT2D eigenvalue weighted by Crippen LogP contribution is 2.29. The van der Waals surface area contributed by atoms with Crippen molar-refractivity contribution in [1.29, 1.82) is 0 Å². The highest BCUT2D eigenvalue weighted by Gasteiger charge is 2.39. The van der Waals surface area contributed by atoms with Crippen molar-refractivity contribution in [1.82, 2.24) is 20.9 Å². The molecule has 1 aromatic rings. The average molecular weight is 513 g/mol. The highest BCUT2D eigenvalue weighted by atomic mass is 16.6. The Morgan fingerprint density at radius 2 is 1.84 bits per heavy atom. The van der Waals surface area contributed by atoms with Crippen LogP contribution in [0.5, 0.6) is 0 Å². The van der Waals surface area contributed by atoms with Crippen LogP contribution in [0.1, 0.15) is 87.2 Å². The van der Waals surface area contributed by atoms with Gasteiger partial charge < -0.3 is 20.3 Å². The van der Waals surface area contributed by atoms with Crippen LogP contribution in [0, 0.1) is 5.92 Å². The number of piperidine rings is 1. The number of hydrogen-bond acceptors (Lipinski definition) is 6. The Morgan fingerprint density at radius 1 is 1.11 bits per heavy atom. The minimum atomic E-state index is -0.686. The Hall–Kier alpha value is -3.43. The summed E-state index contributed by atoms with van der Waals surface area (Å²) in [5, 5.41) is 8.04. The molecule has 2 unspecified atom stereocenters. The summed E-state index contributed by atoms with van der Waals surface area (Å²) in [6, 6.07) is 3.99. The molecule has 3 aliphatic rings. The molecule has 3 N–H and O–H groups in total. The summed E-state index contributed by atoms with van der Waals surface area (Å²) in [5.41, 5.74) is 1.44. The average Bonchev–Trinajstić information content (AvgIpc) is 3.16. The van der Waals surface area contributed by atoms with Crippen LogP contribution in [0.2, 0.25) is 0 Å². The second kappa shape index (κ2) is 10.9. The number of carbonyl (C=O) groups excluding carboxylic acids is 5. The van der Waals surface area contributed by atoms with E-state index in [-0.39, 0.29) is 43.1 Å². The molecular weight excluding hydrogens is 476 g/mol. The van der Waals surface area contributed by atoms with Crippen LogP contribution in [0.3, 0.4) is 0 Å². The molecule has 5 amide bonds. The number of rotatable bonds is 6. The van der Waals surface area contributed by atoms with Crippen LogP contribution in [0.4, 0.5) is 4.79 Å². The first kappa shape index (κ1) is 26.6. The SMILES string of the molecule is CC(C)(C)OC(=O)NC(C(=O)NCc1ccc2c(c1)CN(C1CCC(=O)NC1=O)C2=O)C1CCCCC1. The summed E-state index contributed by atoms with van der Waals surface area (Å²) in [6.07, 6.45) is 4.80. The molecule has 2 fully saturated rings. The fraction of sp³-hybridized carbons (Fsp3) is 0.593. The molecule has 37 heavy (non-hydrogen) atoms. The Morgan fingerprint density at radius 3 is 2.51 bits per heavy atom. The van der Waals surface area contributed by atoms with Crippen molar-refractivity contribution in [3.05, 3.63) is 34.9 Å². The number of amides is 5. The van der Waals surface area contributed by atoms with E-state index in [1.54, 1.807) is 32.9 Å². The van der Waals surface area contributed by atoms with E-state index in [0.29, 0.717) is 12.0 Å². The normalized spacial score (nSPS) is 21.2. The standard InChI is InChI=1S/C27H36N4O6/c1-27(2,3)37-26(36)30-22(17-7-5-4-6-8-17)24(34)28-14-16-9-10-19-18(13-16)15-31(25(19)35)20-11-12-21(32)29-23(20)33/h9-10,13,17,20,22H,4-8,11-12,14-15H2,1-3H3,(H,28,34)(H,30,36)(H,29,32,33). The number of fused-ring (bicyclic) bond motifs is 1. The molecule has 2 heterocycles. The molecule has 0 aromatic heterocycles. The van der Waals surface area contributed by atoms with Gasteiger partial charge in [-0.1, -0.05) is 31.4 Å². The third-order valence-corrected chi connectivity index (χ3v) is 7.13. The maximum absolute atomic E-state index is 13.2. The zero-order valence-corrected chi connectivity index (χ0v) is 21.7. The zero-order valence-electron chi connectivity index (χ0n) is 21.7. The molecular formula is C27H36N4O6. The number of hydrogen-bond donors (Lipinski definition) is 3.